The largest absolute Gasteiger partial charge is 0.416 e. The Hall–Kier alpha value is -3.14. The second kappa shape index (κ2) is 8.70. The van der Waals surface area contributed by atoms with Crippen LogP contribution in [0.3, 0.4) is 0 Å². The molecule has 1 amide bonds. The van der Waals surface area contributed by atoms with Crippen molar-refractivity contribution in [1.82, 2.24) is 4.90 Å². The van der Waals surface area contributed by atoms with Gasteiger partial charge in [0.15, 0.2) is 0 Å². The van der Waals surface area contributed by atoms with Gasteiger partial charge in [-0.05, 0) is 37.3 Å². The molecule has 3 rings (SSSR count). The Balaban J connectivity index is 1.56. The first-order valence-corrected chi connectivity index (χ1v) is 9.37. The Morgan fingerprint density at radius 3 is 2.30 bits per heavy atom. The predicted molar refractivity (Wildman–Crippen MR) is 106 cm³/mol. The van der Waals surface area contributed by atoms with Gasteiger partial charge in [0.2, 0.25) is 5.91 Å². The zero-order valence-corrected chi connectivity index (χ0v) is 16.2. The first kappa shape index (κ1) is 21.6. The molecule has 1 atom stereocenters. The van der Waals surface area contributed by atoms with Gasteiger partial charge in [-0.2, -0.15) is 13.2 Å². The van der Waals surface area contributed by atoms with Crippen molar-refractivity contribution >= 4 is 23.0 Å². The Morgan fingerprint density at radius 1 is 1.10 bits per heavy atom. The maximum absolute atomic E-state index is 12.9. The molecule has 1 saturated heterocycles. The highest BCUT2D eigenvalue weighted by Crippen LogP contribution is 2.32. The summed E-state index contributed by atoms with van der Waals surface area (Å²) in [6.07, 6.45) is -4.39. The number of non-ortho nitro benzene ring substituents is 1. The summed E-state index contributed by atoms with van der Waals surface area (Å²) < 4.78 is 38.8. The fraction of sp³-hybridized carbons (Fsp3) is 0.350. The number of rotatable bonds is 5. The van der Waals surface area contributed by atoms with Gasteiger partial charge in [-0.3, -0.25) is 19.8 Å². The molecule has 1 N–H and O–H groups in total. The molecular formula is C20H21F3N4O3. The third-order valence-corrected chi connectivity index (χ3v) is 5.13. The molecule has 0 bridgehead atoms. The molecule has 30 heavy (non-hydrogen) atoms. The number of nitro groups is 1. The van der Waals surface area contributed by atoms with Gasteiger partial charge in [0.05, 0.1) is 16.5 Å². The molecule has 160 valence electrons. The van der Waals surface area contributed by atoms with Crippen molar-refractivity contribution in [2.75, 3.05) is 36.4 Å². The average Bonchev–Trinajstić information content (AvgIpc) is 2.73. The Kier molecular flexibility index (Phi) is 6.25. The van der Waals surface area contributed by atoms with Crippen LogP contribution < -0.4 is 10.2 Å². The molecule has 10 heteroatoms. The van der Waals surface area contributed by atoms with E-state index in [-0.39, 0.29) is 11.6 Å². The number of benzene rings is 2. The van der Waals surface area contributed by atoms with Crippen molar-refractivity contribution in [2.24, 2.45) is 0 Å². The molecule has 1 aliphatic rings. The average molecular weight is 422 g/mol. The van der Waals surface area contributed by atoms with Gasteiger partial charge >= 0.3 is 6.18 Å². The molecule has 0 saturated carbocycles. The molecular weight excluding hydrogens is 401 g/mol. The van der Waals surface area contributed by atoms with E-state index in [9.17, 15) is 28.1 Å². The van der Waals surface area contributed by atoms with Gasteiger partial charge in [0.1, 0.15) is 0 Å². The van der Waals surface area contributed by atoms with Crippen LogP contribution in [0.25, 0.3) is 0 Å². The number of nitrogens with one attached hydrogen (secondary N) is 1. The van der Waals surface area contributed by atoms with E-state index in [0.717, 1.165) is 12.1 Å². The molecule has 2 aromatic rings. The number of carbonyl (C=O) groups is 1. The van der Waals surface area contributed by atoms with Crippen LogP contribution in [0.2, 0.25) is 0 Å². The molecule has 7 nitrogen and oxygen atoms in total. The molecule has 1 aliphatic heterocycles. The highest BCUT2D eigenvalue weighted by atomic mass is 19.4. The maximum Gasteiger partial charge on any atom is 0.416 e. The van der Waals surface area contributed by atoms with Crippen LogP contribution in [0.5, 0.6) is 0 Å². The SMILES string of the molecule is C[C@@H](C(=O)Nc1ccc([N+](=O)[O-])cc1)N1CCN(c2cccc(C(F)(F)F)c2)CC1. The highest BCUT2D eigenvalue weighted by Gasteiger charge is 2.31. The van der Waals surface area contributed by atoms with Crippen LogP contribution in [-0.2, 0) is 11.0 Å². The summed E-state index contributed by atoms with van der Waals surface area (Å²) in [6.45, 7) is 3.78. The van der Waals surface area contributed by atoms with Gasteiger partial charge in [-0.15, -0.1) is 0 Å². The predicted octanol–water partition coefficient (Wildman–Crippen LogP) is 3.76. The summed E-state index contributed by atoms with van der Waals surface area (Å²) in [6, 6.07) is 10.3. The first-order chi connectivity index (χ1) is 14.1. The molecule has 0 aromatic heterocycles. The lowest BCUT2D eigenvalue weighted by Gasteiger charge is -2.38. The van der Waals surface area contributed by atoms with Crippen molar-refractivity contribution in [1.29, 1.82) is 0 Å². The number of amides is 1. The molecule has 0 spiro atoms. The van der Waals surface area contributed by atoms with Crippen molar-refractivity contribution in [3.8, 4) is 0 Å². The van der Waals surface area contributed by atoms with E-state index in [0.29, 0.717) is 37.6 Å². The van der Waals surface area contributed by atoms with Crippen LogP contribution in [0.15, 0.2) is 48.5 Å². The minimum absolute atomic E-state index is 0.0632. The van der Waals surface area contributed by atoms with E-state index < -0.39 is 22.7 Å². The van der Waals surface area contributed by atoms with E-state index in [4.69, 9.17) is 0 Å². The van der Waals surface area contributed by atoms with E-state index in [1.165, 1.54) is 30.3 Å². The number of alkyl halides is 3. The van der Waals surface area contributed by atoms with Crippen molar-refractivity contribution in [3.05, 3.63) is 64.2 Å². The van der Waals surface area contributed by atoms with E-state index >= 15 is 0 Å². The number of hydrogen-bond donors (Lipinski definition) is 1. The summed E-state index contributed by atoms with van der Waals surface area (Å²) >= 11 is 0. The second-order valence-electron chi connectivity index (χ2n) is 7.04. The Bertz CT molecular complexity index is 910. The van der Waals surface area contributed by atoms with Crippen LogP contribution in [0.4, 0.5) is 30.2 Å². The Morgan fingerprint density at radius 2 is 1.73 bits per heavy atom. The van der Waals surface area contributed by atoms with E-state index in [2.05, 4.69) is 5.32 Å². The number of nitro benzene ring substituents is 1. The minimum atomic E-state index is -4.39. The lowest BCUT2D eigenvalue weighted by Crippen LogP contribution is -2.52. The van der Waals surface area contributed by atoms with Crippen LogP contribution in [0.1, 0.15) is 12.5 Å². The maximum atomic E-state index is 12.9. The zero-order chi connectivity index (χ0) is 21.9. The molecule has 1 heterocycles. The van der Waals surface area contributed by atoms with Crippen LogP contribution in [0, 0.1) is 10.1 Å². The van der Waals surface area contributed by atoms with Gasteiger partial charge < -0.3 is 10.2 Å². The molecule has 2 aromatic carbocycles. The fourth-order valence-electron chi connectivity index (χ4n) is 3.33. The van der Waals surface area contributed by atoms with Gasteiger partial charge in [0, 0.05) is 49.7 Å². The summed E-state index contributed by atoms with van der Waals surface area (Å²) in [5.74, 6) is -0.253. The smallest absolute Gasteiger partial charge is 0.369 e. The van der Waals surface area contributed by atoms with Gasteiger partial charge in [-0.25, -0.2) is 0 Å². The second-order valence-corrected chi connectivity index (χ2v) is 7.04. The lowest BCUT2D eigenvalue weighted by atomic mass is 10.1. The number of carbonyl (C=O) groups excluding carboxylic acids is 1. The van der Waals surface area contributed by atoms with Gasteiger partial charge in [-0.1, -0.05) is 6.07 Å². The number of hydrogen-bond acceptors (Lipinski definition) is 5. The van der Waals surface area contributed by atoms with Crippen LogP contribution in [-0.4, -0.2) is 48.0 Å². The third kappa shape index (κ3) is 5.07. The summed E-state index contributed by atoms with van der Waals surface area (Å²) in [5, 5.41) is 13.4. The third-order valence-electron chi connectivity index (χ3n) is 5.13. The number of halogens is 3. The first-order valence-electron chi connectivity index (χ1n) is 9.37. The molecule has 0 aliphatic carbocycles. The van der Waals surface area contributed by atoms with Crippen molar-refractivity contribution in [2.45, 2.75) is 19.1 Å². The fourth-order valence-corrected chi connectivity index (χ4v) is 3.33. The van der Waals surface area contributed by atoms with Crippen LogP contribution >= 0.6 is 0 Å². The number of anilines is 2. The van der Waals surface area contributed by atoms with Crippen molar-refractivity contribution in [3.63, 3.8) is 0 Å². The monoisotopic (exact) mass is 422 g/mol. The quantitative estimate of drug-likeness (QED) is 0.586. The lowest BCUT2D eigenvalue weighted by molar-refractivity contribution is -0.384. The van der Waals surface area contributed by atoms with Gasteiger partial charge in [0.25, 0.3) is 5.69 Å². The van der Waals surface area contributed by atoms with E-state index in [1.807, 2.05) is 9.80 Å². The molecule has 0 unspecified atom stereocenters. The highest BCUT2D eigenvalue weighted by molar-refractivity contribution is 5.94. The number of nitrogens with zero attached hydrogens (tertiary/aromatic N) is 3. The normalized spacial score (nSPS) is 16.2. The summed E-state index contributed by atoms with van der Waals surface area (Å²) in [7, 11) is 0. The van der Waals surface area contributed by atoms with E-state index in [1.54, 1.807) is 13.0 Å². The molecule has 0 radical (unpaired) electrons. The number of piperazine rings is 1. The standard InChI is InChI=1S/C20H21F3N4O3/c1-14(19(28)24-16-5-7-17(8-6-16)27(29)30)25-9-11-26(12-10-25)18-4-2-3-15(13-18)20(21,22)23/h2-8,13-14H,9-12H2,1H3,(H,24,28)/t14-/m0/s1. The Labute approximate surface area is 171 Å². The molecule has 1 fully saturated rings. The summed E-state index contributed by atoms with van der Waals surface area (Å²) in [5.41, 5.74) is 0.220. The zero-order valence-electron chi connectivity index (χ0n) is 16.2. The summed E-state index contributed by atoms with van der Waals surface area (Å²) in [4.78, 5) is 26.5. The van der Waals surface area contributed by atoms with Crippen molar-refractivity contribution < 1.29 is 22.9 Å². The minimum Gasteiger partial charge on any atom is -0.369 e. The topological polar surface area (TPSA) is 78.7 Å².